The number of carbonyl (C=O) groups is 2. The van der Waals surface area contributed by atoms with Gasteiger partial charge in [0.1, 0.15) is 5.84 Å². The second-order valence-corrected chi connectivity index (χ2v) is 9.39. The molecule has 0 fully saturated rings. The van der Waals surface area contributed by atoms with Crippen LogP contribution in [-0.2, 0) is 19.6 Å². The van der Waals surface area contributed by atoms with Gasteiger partial charge in [0.2, 0.25) is 11.8 Å². The summed E-state index contributed by atoms with van der Waals surface area (Å²) in [6, 6.07) is 13.2. The number of hydrogen-bond acceptors (Lipinski definition) is 5. The lowest BCUT2D eigenvalue weighted by molar-refractivity contribution is -0.129. The molecular weight excluding hydrogens is 428 g/mol. The van der Waals surface area contributed by atoms with Gasteiger partial charge in [-0.2, -0.15) is 0 Å². The lowest BCUT2D eigenvalue weighted by Crippen LogP contribution is -2.33. The molecule has 2 amide bonds. The number of sulfonamides is 1. The van der Waals surface area contributed by atoms with Crippen LogP contribution in [0.1, 0.15) is 43.4 Å². The van der Waals surface area contributed by atoms with E-state index in [1.807, 2.05) is 30.3 Å². The van der Waals surface area contributed by atoms with E-state index >= 15 is 0 Å². The molecule has 0 spiro atoms. The Labute approximate surface area is 187 Å². The first-order chi connectivity index (χ1) is 15.3. The van der Waals surface area contributed by atoms with Crippen molar-refractivity contribution in [3.8, 4) is 0 Å². The number of aliphatic imine (C=N–C) groups is 1. The van der Waals surface area contributed by atoms with Gasteiger partial charge in [-0.3, -0.25) is 19.3 Å². The standard InChI is InChI=1S/C23H24N4O4S/c1-16(28)27-13-11-17-6-2-3-9-20(17)21(27)15-23(29)25-18-7-4-8-19(14-18)32(30,31)26-22-10-5-12-24-22/h2-4,6-9,11,13-14,21H,5,10,12,15H2,1H3,(H,24,26)(H,25,29)/t21-/m0/s1. The molecular formula is C23H24N4O4S. The van der Waals surface area contributed by atoms with E-state index in [9.17, 15) is 18.0 Å². The molecule has 2 aliphatic heterocycles. The first-order valence-corrected chi connectivity index (χ1v) is 11.8. The topological polar surface area (TPSA) is 108 Å². The van der Waals surface area contributed by atoms with Crippen LogP contribution in [0.5, 0.6) is 0 Å². The number of hydrogen-bond donors (Lipinski definition) is 2. The molecule has 0 radical (unpaired) electrons. The summed E-state index contributed by atoms with van der Waals surface area (Å²) in [4.78, 5) is 30.7. The molecule has 0 unspecified atom stereocenters. The predicted octanol–water partition coefficient (Wildman–Crippen LogP) is 3.06. The van der Waals surface area contributed by atoms with E-state index in [4.69, 9.17) is 0 Å². The van der Waals surface area contributed by atoms with E-state index in [0.717, 1.165) is 17.5 Å². The van der Waals surface area contributed by atoms with E-state index in [0.29, 0.717) is 24.5 Å². The van der Waals surface area contributed by atoms with E-state index in [1.165, 1.54) is 24.0 Å². The zero-order chi connectivity index (χ0) is 22.7. The third-order valence-electron chi connectivity index (χ3n) is 5.40. The first-order valence-electron chi connectivity index (χ1n) is 10.4. The van der Waals surface area contributed by atoms with Crippen LogP contribution >= 0.6 is 0 Å². The minimum absolute atomic E-state index is 0.0347. The smallest absolute Gasteiger partial charge is 0.262 e. The van der Waals surface area contributed by atoms with Gasteiger partial charge in [0, 0.05) is 31.8 Å². The number of amidine groups is 1. The number of fused-ring (bicyclic) bond motifs is 1. The molecule has 2 aromatic rings. The van der Waals surface area contributed by atoms with Gasteiger partial charge < -0.3 is 10.2 Å². The van der Waals surface area contributed by atoms with E-state index in [2.05, 4.69) is 15.0 Å². The first kappa shape index (κ1) is 21.8. The van der Waals surface area contributed by atoms with Crippen molar-refractivity contribution in [2.45, 2.75) is 37.1 Å². The van der Waals surface area contributed by atoms with Crippen LogP contribution in [0.15, 0.2) is 64.6 Å². The lowest BCUT2D eigenvalue weighted by atomic mass is 9.93. The van der Waals surface area contributed by atoms with Crippen molar-refractivity contribution >= 4 is 39.4 Å². The molecule has 0 aromatic heterocycles. The Morgan fingerprint density at radius 3 is 2.72 bits per heavy atom. The molecule has 9 heteroatoms. The minimum Gasteiger partial charge on any atom is -0.326 e. The highest BCUT2D eigenvalue weighted by molar-refractivity contribution is 7.90. The summed E-state index contributed by atoms with van der Waals surface area (Å²) in [6.07, 6.45) is 4.99. The van der Waals surface area contributed by atoms with Crippen molar-refractivity contribution in [2.75, 3.05) is 11.9 Å². The summed E-state index contributed by atoms with van der Waals surface area (Å²) in [6.45, 7) is 2.07. The van der Waals surface area contributed by atoms with Gasteiger partial charge in [0.25, 0.3) is 10.0 Å². The normalized spacial score (nSPS) is 17.5. The zero-order valence-corrected chi connectivity index (χ0v) is 18.4. The Morgan fingerprint density at radius 2 is 1.97 bits per heavy atom. The monoisotopic (exact) mass is 452 g/mol. The fraction of sp³-hybridized carbons (Fsp3) is 0.261. The van der Waals surface area contributed by atoms with Gasteiger partial charge in [0.15, 0.2) is 0 Å². The van der Waals surface area contributed by atoms with Crippen LogP contribution in [0.4, 0.5) is 5.69 Å². The maximum Gasteiger partial charge on any atom is 0.262 e. The third-order valence-corrected chi connectivity index (χ3v) is 6.78. The average molecular weight is 453 g/mol. The van der Waals surface area contributed by atoms with E-state index in [-0.39, 0.29) is 23.1 Å². The van der Waals surface area contributed by atoms with Crippen LogP contribution in [0, 0.1) is 0 Å². The Bertz CT molecular complexity index is 1220. The van der Waals surface area contributed by atoms with Crippen LogP contribution in [0.3, 0.4) is 0 Å². The fourth-order valence-corrected chi connectivity index (χ4v) is 5.01. The fourth-order valence-electron chi connectivity index (χ4n) is 3.88. The van der Waals surface area contributed by atoms with Crippen molar-refractivity contribution in [1.82, 2.24) is 9.62 Å². The Kier molecular flexibility index (Phi) is 6.09. The van der Waals surface area contributed by atoms with E-state index in [1.54, 1.807) is 18.3 Å². The average Bonchev–Trinajstić information content (AvgIpc) is 3.26. The molecule has 0 bridgehead atoms. The summed E-state index contributed by atoms with van der Waals surface area (Å²) in [7, 11) is -3.78. The number of anilines is 1. The van der Waals surface area contributed by atoms with Gasteiger partial charge in [-0.25, -0.2) is 8.42 Å². The number of amides is 2. The lowest BCUT2D eigenvalue weighted by Gasteiger charge is -2.32. The largest absolute Gasteiger partial charge is 0.326 e. The molecule has 166 valence electrons. The van der Waals surface area contributed by atoms with Crippen molar-refractivity contribution in [3.05, 3.63) is 65.9 Å². The molecule has 0 saturated heterocycles. The summed E-state index contributed by atoms with van der Waals surface area (Å²) >= 11 is 0. The highest BCUT2D eigenvalue weighted by Gasteiger charge is 2.28. The molecule has 1 atom stereocenters. The summed E-state index contributed by atoms with van der Waals surface area (Å²) < 4.78 is 27.8. The molecule has 2 N–H and O–H groups in total. The van der Waals surface area contributed by atoms with Gasteiger partial charge >= 0.3 is 0 Å². The van der Waals surface area contributed by atoms with Crippen LogP contribution in [0.2, 0.25) is 0 Å². The van der Waals surface area contributed by atoms with Crippen molar-refractivity contribution < 1.29 is 18.0 Å². The molecule has 8 nitrogen and oxygen atoms in total. The molecule has 2 heterocycles. The Balaban J connectivity index is 1.50. The zero-order valence-electron chi connectivity index (χ0n) is 17.6. The number of benzene rings is 2. The SMILES string of the molecule is CC(=O)N1C=Cc2ccccc2[C@@H]1CC(=O)Nc1cccc(S(=O)(=O)NC2=NCCC2)c1. The number of nitrogens with zero attached hydrogens (tertiary/aromatic N) is 2. The second kappa shape index (κ2) is 8.96. The molecule has 32 heavy (non-hydrogen) atoms. The van der Waals surface area contributed by atoms with Crippen LogP contribution < -0.4 is 10.0 Å². The predicted molar refractivity (Wildman–Crippen MR) is 122 cm³/mol. The van der Waals surface area contributed by atoms with Gasteiger partial charge in [-0.1, -0.05) is 30.3 Å². The van der Waals surface area contributed by atoms with Gasteiger partial charge in [-0.15, -0.1) is 0 Å². The van der Waals surface area contributed by atoms with Crippen LogP contribution in [-0.4, -0.2) is 37.5 Å². The highest BCUT2D eigenvalue weighted by atomic mass is 32.2. The number of rotatable bonds is 5. The maximum atomic E-state index is 12.8. The minimum atomic E-state index is -3.78. The Morgan fingerprint density at radius 1 is 1.16 bits per heavy atom. The third kappa shape index (κ3) is 4.72. The van der Waals surface area contributed by atoms with E-state index < -0.39 is 16.1 Å². The maximum absolute atomic E-state index is 12.8. The highest BCUT2D eigenvalue weighted by Crippen LogP contribution is 2.33. The molecule has 2 aliphatic rings. The van der Waals surface area contributed by atoms with Crippen molar-refractivity contribution in [2.24, 2.45) is 4.99 Å². The number of carbonyl (C=O) groups excluding carboxylic acids is 2. The van der Waals surface area contributed by atoms with Gasteiger partial charge in [0.05, 0.1) is 17.4 Å². The van der Waals surface area contributed by atoms with Crippen molar-refractivity contribution in [3.63, 3.8) is 0 Å². The van der Waals surface area contributed by atoms with Gasteiger partial charge in [-0.05, 0) is 41.8 Å². The van der Waals surface area contributed by atoms with Crippen molar-refractivity contribution in [1.29, 1.82) is 0 Å². The summed E-state index contributed by atoms with van der Waals surface area (Å²) in [5.74, 6) is -0.0376. The molecule has 0 aliphatic carbocycles. The van der Waals surface area contributed by atoms with Crippen LogP contribution in [0.25, 0.3) is 6.08 Å². The quantitative estimate of drug-likeness (QED) is 0.727. The summed E-state index contributed by atoms with van der Waals surface area (Å²) in [5.41, 5.74) is 2.20. The molecule has 2 aromatic carbocycles. The molecule has 4 rings (SSSR count). The second-order valence-electron chi connectivity index (χ2n) is 7.70. The molecule has 0 saturated carbocycles. The Hall–Kier alpha value is -3.46. The summed E-state index contributed by atoms with van der Waals surface area (Å²) in [5, 5.41) is 2.76. The number of nitrogens with one attached hydrogen (secondary N) is 2.